The molecule has 0 saturated carbocycles. The summed E-state index contributed by atoms with van der Waals surface area (Å²) in [5.41, 5.74) is 6.43. The molecule has 2 aliphatic rings. The SMILES string of the molecule is CN1CCC(CCN2CC(=O)N(CC(=O)N[C@@H](CCCN/C(N)=N/[N+](=O)[O-])C(O)C(=O)NCCc3ccccc3)CC2=O)CC1. The van der Waals surface area contributed by atoms with Crippen LogP contribution in [-0.4, -0.2) is 126 Å². The Kier molecular flexibility index (Phi) is 14.0. The van der Waals surface area contributed by atoms with Gasteiger partial charge < -0.3 is 41.5 Å². The average Bonchev–Trinajstić information content (AvgIpc) is 3.00. The molecule has 0 bridgehead atoms. The summed E-state index contributed by atoms with van der Waals surface area (Å²) < 4.78 is 0. The molecular formula is C29H45N9O7. The summed E-state index contributed by atoms with van der Waals surface area (Å²) in [5.74, 6) is -1.81. The maximum Gasteiger partial charge on any atom is 0.266 e. The molecule has 0 spiro atoms. The van der Waals surface area contributed by atoms with E-state index in [9.17, 15) is 34.4 Å². The zero-order chi connectivity index (χ0) is 32.8. The number of rotatable bonds is 16. The van der Waals surface area contributed by atoms with Crippen molar-refractivity contribution in [2.45, 2.75) is 50.7 Å². The summed E-state index contributed by atoms with van der Waals surface area (Å²) in [5, 5.41) is 31.1. The molecule has 0 aromatic heterocycles. The second kappa shape index (κ2) is 17.9. The molecule has 0 radical (unpaired) electrons. The highest BCUT2D eigenvalue weighted by Gasteiger charge is 2.33. The molecule has 1 aromatic carbocycles. The van der Waals surface area contributed by atoms with Crippen LogP contribution in [0, 0.1) is 16.0 Å². The zero-order valence-electron chi connectivity index (χ0n) is 25.7. The first-order chi connectivity index (χ1) is 21.5. The molecule has 2 saturated heterocycles. The van der Waals surface area contributed by atoms with Crippen LogP contribution in [0.4, 0.5) is 0 Å². The quantitative estimate of drug-likeness (QED) is 0.0466. The van der Waals surface area contributed by atoms with Crippen molar-refractivity contribution >= 4 is 29.6 Å². The fourth-order valence-electron chi connectivity index (χ4n) is 5.40. The lowest BCUT2D eigenvalue weighted by molar-refractivity contribution is -0.485. The van der Waals surface area contributed by atoms with Crippen molar-refractivity contribution in [1.82, 2.24) is 30.7 Å². The molecule has 2 aliphatic heterocycles. The van der Waals surface area contributed by atoms with Crippen LogP contribution >= 0.6 is 0 Å². The number of piperidine rings is 1. The Bertz CT molecular complexity index is 1190. The van der Waals surface area contributed by atoms with Crippen LogP contribution in [0.2, 0.25) is 0 Å². The van der Waals surface area contributed by atoms with Crippen molar-refractivity contribution in [3.8, 4) is 0 Å². The van der Waals surface area contributed by atoms with E-state index >= 15 is 0 Å². The lowest BCUT2D eigenvalue weighted by Gasteiger charge is -2.35. The Hall–Kier alpha value is -4.31. The monoisotopic (exact) mass is 631 g/mol. The van der Waals surface area contributed by atoms with E-state index in [4.69, 9.17) is 5.73 Å². The van der Waals surface area contributed by atoms with Crippen molar-refractivity contribution in [2.75, 3.05) is 59.4 Å². The summed E-state index contributed by atoms with van der Waals surface area (Å²) in [6, 6.07) is 8.41. The van der Waals surface area contributed by atoms with Crippen molar-refractivity contribution in [3.05, 3.63) is 46.0 Å². The van der Waals surface area contributed by atoms with E-state index in [0.29, 0.717) is 18.9 Å². The Balaban J connectivity index is 1.52. The van der Waals surface area contributed by atoms with Crippen LogP contribution in [0.5, 0.6) is 0 Å². The van der Waals surface area contributed by atoms with Crippen molar-refractivity contribution in [2.24, 2.45) is 16.8 Å². The molecule has 4 amide bonds. The fraction of sp³-hybridized carbons (Fsp3) is 0.621. The highest BCUT2D eigenvalue weighted by Crippen LogP contribution is 2.20. The molecule has 248 valence electrons. The highest BCUT2D eigenvalue weighted by molar-refractivity contribution is 5.95. The number of nitrogens with zero attached hydrogens (tertiary/aromatic N) is 5. The minimum atomic E-state index is -1.62. The summed E-state index contributed by atoms with van der Waals surface area (Å²) >= 11 is 0. The van der Waals surface area contributed by atoms with E-state index in [0.717, 1.165) is 37.9 Å². The smallest absolute Gasteiger partial charge is 0.266 e. The molecular weight excluding hydrogens is 586 g/mol. The van der Waals surface area contributed by atoms with Crippen LogP contribution < -0.4 is 21.7 Å². The third kappa shape index (κ3) is 12.3. The summed E-state index contributed by atoms with van der Waals surface area (Å²) in [7, 11) is 2.09. The molecule has 6 N–H and O–H groups in total. The Morgan fingerprint density at radius 1 is 1.09 bits per heavy atom. The van der Waals surface area contributed by atoms with Crippen LogP contribution in [0.25, 0.3) is 0 Å². The number of carbonyl (C=O) groups excluding carboxylic acids is 4. The highest BCUT2D eigenvalue weighted by atomic mass is 16.7. The number of piperazine rings is 1. The maximum atomic E-state index is 13.0. The first kappa shape index (κ1) is 35.2. The standard InChI is InChI=1S/C29H45N9O7/c1-35-15-10-22(11-16-35)12-17-36-19-26(41)37(20-25(36)40)18-24(39)33-23(8-5-13-32-29(30)34-38(44)45)27(42)28(43)31-14-9-21-6-3-2-4-7-21/h2-4,6-7,22-23,27,42H,5,8-20H2,1H3,(H,31,43)(H,33,39)(H3,30,32,34)/t23-,27?/m0/s1. The zero-order valence-corrected chi connectivity index (χ0v) is 25.7. The molecule has 1 unspecified atom stereocenters. The predicted molar refractivity (Wildman–Crippen MR) is 165 cm³/mol. The van der Waals surface area contributed by atoms with Gasteiger partial charge in [-0.25, -0.2) is 10.1 Å². The summed E-state index contributed by atoms with van der Waals surface area (Å²) in [4.78, 5) is 66.9. The van der Waals surface area contributed by atoms with Gasteiger partial charge in [-0.2, -0.15) is 0 Å². The fourth-order valence-corrected chi connectivity index (χ4v) is 5.40. The van der Waals surface area contributed by atoms with E-state index in [1.165, 1.54) is 4.90 Å². The van der Waals surface area contributed by atoms with Crippen molar-refractivity contribution in [1.29, 1.82) is 0 Å². The second-order valence-corrected chi connectivity index (χ2v) is 11.5. The largest absolute Gasteiger partial charge is 0.381 e. The minimum Gasteiger partial charge on any atom is -0.381 e. The number of amides is 4. The van der Waals surface area contributed by atoms with Gasteiger partial charge in [-0.3, -0.25) is 19.2 Å². The Morgan fingerprint density at radius 2 is 1.76 bits per heavy atom. The normalized spacial score (nSPS) is 18.0. The third-order valence-electron chi connectivity index (χ3n) is 8.08. The van der Waals surface area contributed by atoms with Gasteiger partial charge in [0.05, 0.1) is 12.6 Å². The van der Waals surface area contributed by atoms with E-state index in [1.54, 1.807) is 4.90 Å². The molecule has 2 heterocycles. The minimum absolute atomic E-state index is 0.0926. The topological polar surface area (TPSA) is 216 Å². The number of hydrogen-bond donors (Lipinski definition) is 5. The predicted octanol–water partition coefficient (Wildman–Crippen LogP) is -1.53. The van der Waals surface area contributed by atoms with Gasteiger partial charge in [0.15, 0.2) is 11.1 Å². The third-order valence-corrected chi connectivity index (χ3v) is 8.08. The van der Waals surface area contributed by atoms with Gasteiger partial charge in [0.25, 0.3) is 11.9 Å². The van der Waals surface area contributed by atoms with Crippen LogP contribution in [-0.2, 0) is 25.6 Å². The summed E-state index contributed by atoms with van der Waals surface area (Å²) in [6.07, 6.45) is 2.21. The number of nitro groups is 1. The van der Waals surface area contributed by atoms with Crippen molar-refractivity contribution in [3.63, 3.8) is 0 Å². The number of hydrazone groups is 1. The van der Waals surface area contributed by atoms with E-state index in [-0.39, 0.29) is 50.8 Å². The van der Waals surface area contributed by atoms with Gasteiger partial charge in [-0.1, -0.05) is 30.3 Å². The van der Waals surface area contributed by atoms with E-state index in [1.807, 2.05) is 30.3 Å². The molecule has 16 nitrogen and oxygen atoms in total. The molecule has 1 aromatic rings. The molecule has 45 heavy (non-hydrogen) atoms. The number of nitrogens with one attached hydrogen (secondary N) is 3. The van der Waals surface area contributed by atoms with Crippen LogP contribution in [0.15, 0.2) is 35.4 Å². The number of guanidine groups is 1. The number of benzene rings is 1. The van der Waals surface area contributed by atoms with Crippen LogP contribution in [0.1, 0.15) is 37.7 Å². The summed E-state index contributed by atoms with van der Waals surface area (Å²) in [6.45, 7) is 2.17. The number of aliphatic hydroxyl groups excluding tert-OH is 1. The average molecular weight is 632 g/mol. The van der Waals surface area contributed by atoms with Gasteiger partial charge in [0, 0.05) is 19.6 Å². The Morgan fingerprint density at radius 3 is 2.44 bits per heavy atom. The number of likely N-dealkylation sites (tertiary alicyclic amines) is 1. The lowest BCUT2D eigenvalue weighted by atomic mass is 9.93. The molecule has 16 heteroatoms. The number of hydrogen-bond acceptors (Lipinski definition) is 8. The number of carbonyl (C=O) groups is 4. The van der Waals surface area contributed by atoms with E-state index < -0.39 is 41.5 Å². The second-order valence-electron chi connectivity index (χ2n) is 11.5. The van der Waals surface area contributed by atoms with Crippen molar-refractivity contribution < 1.29 is 29.3 Å². The first-order valence-electron chi connectivity index (χ1n) is 15.3. The first-order valence-corrected chi connectivity index (χ1v) is 15.3. The molecule has 3 rings (SSSR count). The number of aliphatic hydroxyl groups is 1. The van der Waals surface area contributed by atoms with Crippen LogP contribution in [0.3, 0.4) is 0 Å². The van der Waals surface area contributed by atoms with Gasteiger partial charge in [0.2, 0.25) is 17.7 Å². The molecule has 2 atom stereocenters. The molecule has 2 fully saturated rings. The van der Waals surface area contributed by atoms with Gasteiger partial charge in [0.1, 0.15) is 18.2 Å². The van der Waals surface area contributed by atoms with Gasteiger partial charge >= 0.3 is 0 Å². The van der Waals surface area contributed by atoms with Gasteiger partial charge in [-0.05, 0) is 70.1 Å². The lowest BCUT2D eigenvalue weighted by Crippen LogP contribution is -2.58. The van der Waals surface area contributed by atoms with E-state index in [2.05, 4.69) is 33.0 Å². The van der Waals surface area contributed by atoms with Gasteiger partial charge in [-0.15, -0.1) is 0 Å². The maximum absolute atomic E-state index is 13.0. The number of nitrogens with two attached hydrogens (primary N) is 1. The molecule has 0 aliphatic carbocycles. The Labute approximate surface area is 262 Å².